The van der Waals surface area contributed by atoms with Gasteiger partial charge in [0.05, 0.1) is 7.11 Å². The molecule has 6 nitrogen and oxygen atoms in total. The minimum absolute atomic E-state index is 0.365. The summed E-state index contributed by atoms with van der Waals surface area (Å²) in [7, 11) is 1.58. The zero-order chi connectivity index (χ0) is 12.3. The Morgan fingerprint density at radius 3 is 2.88 bits per heavy atom. The average molecular weight is 299 g/mol. The predicted molar refractivity (Wildman–Crippen MR) is 65.9 cm³/mol. The fourth-order valence-corrected chi connectivity index (χ4v) is 1.73. The second kappa shape index (κ2) is 5.13. The first-order chi connectivity index (χ1) is 8.24. The topological polar surface area (TPSA) is 73.1 Å². The maximum absolute atomic E-state index is 5.38. The number of halogens is 1. The Morgan fingerprint density at radius 2 is 2.24 bits per heavy atom. The average Bonchev–Trinajstić information content (AvgIpc) is 2.78. The molecule has 0 radical (unpaired) electrons. The zero-order valence-electron chi connectivity index (χ0n) is 9.40. The fourth-order valence-electron chi connectivity index (χ4n) is 1.24. The molecule has 2 aromatic heterocycles. The van der Waals surface area contributed by atoms with E-state index in [1.807, 2.05) is 6.92 Å². The normalized spacial score (nSPS) is 10.3. The van der Waals surface area contributed by atoms with E-state index in [4.69, 9.17) is 9.15 Å². The Hall–Kier alpha value is -1.63. The number of rotatable bonds is 4. The van der Waals surface area contributed by atoms with Crippen LogP contribution in [0, 0.1) is 0 Å². The molecule has 0 aliphatic carbocycles. The number of nitrogens with zero attached hydrogens (tertiary/aromatic N) is 3. The third-order valence-corrected chi connectivity index (χ3v) is 2.57. The molecule has 0 aromatic carbocycles. The summed E-state index contributed by atoms with van der Waals surface area (Å²) in [5, 5.41) is 10.7. The van der Waals surface area contributed by atoms with Gasteiger partial charge in [0.1, 0.15) is 10.3 Å². The molecule has 0 amide bonds. The highest BCUT2D eigenvalue weighted by Crippen LogP contribution is 2.26. The van der Waals surface area contributed by atoms with Crippen LogP contribution in [0.4, 0.5) is 6.01 Å². The quantitative estimate of drug-likeness (QED) is 0.874. The van der Waals surface area contributed by atoms with Gasteiger partial charge in [0.15, 0.2) is 5.75 Å². The van der Waals surface area contributed by atoms with E-state index in [1.165, 1.54) is 0 Å². The molecule has 0 spiro atoms. The van der Waals surface area contributed by atoms with Crippen LogP contribution in [0.3, 0.4) is 0 Å². The van der Waals surface area contributed by atoms with E-state index in [0.717, 1.165) is 6.54 Å². The van der Waals surface area contributed by atoms with Gasteiger partial charge in [-0.05, 0) is 35.0 Å². The molecule has 17 heavy (non-hydrogen) atoms. The number of methoxy groups -OCH3 is 1. The molecular weight excluding hydrogens is 288 g/mol. The highest BCUT2D eigenvalue weighted by Gasteiger charge is 2.11. The van der Waals surface area contributed by atoms with Crippen LogP contribution in [0.2, 0.25) is 0 Å². The Labute approximate surface area is 107 Å². The van der Waals surface area contributed by atoms with Crippen LogP contribution in [0.5, 0.6) is 5.75 Å². The lowest BCUT2D eigenvalue weighted by Gasteiger charge is -2.02. The standard InChI is InChI=1S/C10H11BrN4O2/c1-3-12-10-15-14-9(17-10)6-4-5-7(16-2)8(11)13-6/h4-5H,3H2,1-2H3,(H,12,15). The molecule has 0 atom stereocenters. The first-order valence-corrected chi connectivity index (χ1v) is 5.82. The van der Waals surface area contributed by atoms with Gasteiger partial charge in [0, 0.05) is 6.54 Å². The van der Waals surface area contributed by atoms with Crippen LogP contribution in [-0.4, -0.2) is 28.8 Å². The van der Waals surface area contributed by atoms with E-state index < -0.39 is 0 Å². The summed E-state index contributed by atoms with van der Waals surface area (Å²) in [6.07, 6.45) is 0. The van der Waals surface area contributed by atoms with Gasteiger partial charge in [-0.2, -0.15) is 0 Å². The van der Waals surface area contributed by atoms with E-state index in [9.17, 15) is 0 Å². The van der Waals surface area contributed by atoms with E-state index >= 15 is 0 Å². The summed E-state index contributed by atoms with van der Waals surface area (Å²) in [6.45, 7) is 2.67. The minimum atomic E-state index is 0.365. The number of aromatic nitrogens is 3. The van der Waals surface area contributed by atoms with Crippen LogP contribution in [0.15, 0.2) is 21.2 Å². The molecule has 0 aliphatic heterocycles. The molecule has 2 rings (SSSR count). The summed E-state index contributed by atoms with van der Waals surface area (Å²) in [5.74, 6) is 1.02. The smallest absolute Gasteiger partial charge is 0.315 e. The lowest BCUT2D eigenvalue weighted by atomic mass is 10.3. The zero-order valence-corrected chi connectivity index (χ0v) is 11.0. The van der Waals surface area contributed by atoms with Crippen molar-refractivity contribution in [3.8, 4) is 17.3 Å². The summed E-state index contributed by atoms with van der Waals surface area (Å²) >= 11 is 3.30. The maximum atomic E-state index is 5.38. The lowest BCUT2D eigenvalue weighted by Crippen LogP contribution is -1.95. The van der Waals surface area contributed by atoms with Crippen LogP contribution in [-0.2, 0) is 0 Å². The molecule has 0 unspecified atom stereocenters. The molecule has 2 aromatic rings. The number of nitrogens with one attached hydrogen (secondary N) is 1. The SMILES string of the molecule is CCNc1nnc(-c2ccc(OC)c(Br)n2)o1. The molecule has 1 N–H and O–H groups in total. The van der Waals surface area contributed by atoms with Crippen molar-refractivity contribution in [2.24, 2.45) is 0 Å². The van der Waals surface area contributed by atoms with Gasteiger partial charge in [-0.3, -0.25) is 0 Å². The molecule has 0 bridgehead atoms. The predicted octanol–water partition coefficient (Wildman–Crippen LogP) is 2.33. The van der Waals surface area contributed by atoms with Crippen LogP contribution >= 0.6 is 15.9 Å². The van der Waals surface area contributed by atoms with Gasteiger partial charge in [-0.25, -0.2) is 4.98 Å². The van der Waals surface area contributed by atoms with Crippen molar-refractivity contribution in [1.82, 2.24) is 15.2 Å². The summed E-state index contributed by atoms with van der Waals surface area (Å²) < 4.78 is 11.1. The van der Waals surface area contributed by atoms with Gasteiger partial charge in [0.25, 0.3) is 5.89 Å². The number of ether oxygens (including phenoxy) is 1. The van der Waals surface area contributed by atoms with E-state index in [2.05, 4.69) is 36.4 Å². The first kappa shape index (κ1) is 11.8. The van der Waals surface area contributed by atoms with E-state index in [0.29, 0.717) is 28.0 Å². The van der Waals surface area contributed by atoms with Crippen LogP contribution < -0.4 is 10.1 Å². The van der Waals surface area contributed by atoms with Gasteiger partial charge < -0.3 is 14.5 Å². The van der Waals surface area contributed by atoms with Crippen LogP contribution in [0.25, 0.3) is 11.6 Å². The van der Waals surface area contributed by atoms with Crippen molar-refractivity contribution in [2.75, 3.05) is 19.0 Å². The molecule has 2 heterocycles. The molecule has 90 valence electrons. The Balaban J connectivity index is 2.29. The molecule has 0 saturated heterocycles. The van der Waals surface area contributed by atoms with Crippen molar-refractivity contribution in [3.05, 3.63) is 16.7 Å². The Morgan fingerprint density at radius 1 is 1.41 bits per heavy atom. The molecule has 0 saturated carbocycles. The number of hydrogen-bond acceptors (Lipinski definition) is 6. The second-order valence-corrected chi connectivity index (χ2v) is 3.88. The maximum Gasteiger partial charge on any atom is 0.315 e. The minimum Gasteiger partial charge on any atom is -0.494 e. The Kier molecular flexibility index (Phi) is 3.58. The van der Waals surface area contributed by atoms with Crippen molar-refractivity contribution in [3.63, 3.8) is 0 Å². The second-order valence-electron chi connectivity index (χ2n) is 3.13. The molecule has 0 fully saturated rings. The molecular formula is C10H11BrN4O2. The van der Waals surface area contributed by atoms with Gasteiger partial charge in [-0.15, -0.1) is 5.10 Å². The largest absolute Gasteiger partial charge is 0.494 e. The first-order valence-electron chi connectivity index (χ1n) is 5.03. The fraction of sp³-hybridized carbons (Fsp3) is 0.300. The molecule has 0 aliphatic rings. The van der Waals surface area contributed by atoms with Crippen molar-refractivity contribution in [1.29, 1.82) is 0 Å². The van der Waals surface area contributed by atoms with Gasteiger partial charge >= 0.3 is 6.01 Å². The monoisotopic (exact) mass is 298 g/mol. The lowest BCUT2D eigenvalue weighted by molar-refractivity contribution is 0.410. The number of pyridine rings is 1. The third-order valence-electron chi connectivity index (χ3n) is 2.01. The highest BCUT2D eigenvalue weighted by atomic mass is 79.9. The highest BCUT2D eigenvalue weighted by molar-refractivity contribution is 9.10. The Bertz CT molecular complexity index is 515. The summed E-state index contributed by atoms with van der Waals surface area (Å²) in [5.41, 5.74) is 0.592. The summed E-state index contributed by atoms with van der Waals surface area (Å²) in [4.78, 5) is 4.26. The van der Waals surface area contributed by atoms with Gasteiger partial charge in [0.2, 0.25) is 0 Å². The van der Waals surface area contributed by atoms with Crippen LogP contribution in [0.1, 0.15) is 6.92 Å². The third kappa shape index (κ3) is 2.55. The number of hydrogen-bond donors (Lipinski definition) is 1. The van der Waals surface area contributed by atoms with Crippen molar-refractivity contribution in [2.45, 2.75) is 6.92 Å². The van der Waals surface area contributed by atoms with Gasteiger partial charge in [-0.1, -0.05) is 5.10 Å². The van der Waals surface area contributed by atoms with E-state index in [-0.39, 0.29) is 0 Å². The molecule has 7 heteroatoms. The summed E-state index contributed by atoms with van der Waals surface area (Å²) in [6, 6.07) is 3.92. The van der Waals surface area contributed by atoms with Crippen molar-refractivity contribution < 1.29 is 9.15 Å². The van der Waals surface area contributed by atoms with Crippen molar-refractivity contribution >= 4 is 21.9 Å². The van der Waals surface area contributed by atoms with E-state index in [1.54, 1.807) is 19.2 Å². The number of anilines is 1.